The van der Waals surface area contributed by atoms with Crippen LogP contribution in [0, 0.1) is 11.3 Å². The largest absolute Gasteiger partial charge is 0.496 e. The Balaban J connectivity index is 1.46. The first kappa shape index (κ1) is 20.6. The van der Waals surface area contributed by atoms with Gasteiger partial charge in [-0.15, -0.1) is 0 Å². The number of aromatic amines is 1. The Bertz CT molecular complexity index is 1070. The molecule has 0 aliphatic carbocycles. The summed E-state index contributed by atoms with van der Waals surface area (Å²) in [6.07, 6.45) is 4.04. The number of rotatable bonds is 7. The highest BCUT2D eigenvalue weighted by atomic mass is 16.5. The Morgan fingerprint density at radius 1 is 1.23 bits per heavy atom. The summed E-state index contributed by atoms with van der Waals surface area (Å²) in [5.74, 6) is 1.87. The van der Waals surface area contributed by atoms with E-state index in [0.29, 0.717) is 23.7 Å². The third-order valence-corrected chi connectivity index (χ3v) is 5.41. The first-order chi connectivity index (χ1) is 15.1. The molecule has 9 nitrogen and oxygen atoms in total. The number of hydrogen-bond donors (Lipinski definition) is 3. The van der Waals surface area contributed by atoms with Crippen molar-refractivity contribution in [1.29, 1.82) is 5.26 Å². The first-order valence-electron chi connectivity index (χ1n) is 10.3. The topological polar surface area (TPSA) is 115 Å². The number of H-pyrrole nitrogens is 1. The Morgan fingerprint density at radius 3 is 2.77 bits per heavy atom. The lowest BCUT2D eigenvalue weighted by atomic mass is 10.1. The number of nitrogens with zero attached hydrogens (tertiary/aromatic N) is 5. The molecule has 3 aromatic rings. The van der Waals surface area contributed by atoms with Gasteiger partial charge in [0.05, 0.1) is 25.2 Å². The van der Waals surface area contributed by atoms with E-state index in [1.165, 1.54) is 12.4 Å². The third-order valence-electron chi connectivity index (χ3n) is 5.41. The van der Waals surface area contributed by atoms with Crippen LogP contribution in [0.25, 0.3) is 11.3 Å². The van der Waals surface area contributed by atoms with E-state index in [-0.39, 0.29) is 5.69 Å². The van der Waals surface area contributed by atoms with Crippen molar-refractivity contribution in [2.24, 2.45) is 0 Å². The van der Waals surface area contributed by atoms with E-state index in [9.17, 15) is 0 Å². The number of benzene rings is 1. The molecular weight excluding hydrogens is 392 g/mol. The van der Waals surface area contributed by atoms with E-state index in [1.807, 2.05) is 24.3 Å². The number of ether oxygens (including phenoxy) is 1. The number of nitrogens with one attached hydrogen (secondary N) is 3. The van der Waals surface area contributed by atoms with Crippen LogP contribution in [0.2, 0.25) is 0 Å². The van der Waals surface area contributed by atoms with E-state index < -0.39 is 0 Å². The molecule has 9 heteroatoms. The molecule has 4 rings (SSSR count). The van der Waals surface area contributed by atoms with Crippen molar-refractivity contribution >= 4 is 17.3 Å². The van der Waals surface area contributed by atoms with Gasteiger partial charge in [-0.1, -0.05) is 0 Å². The Hall–Kier alpha value is -3.64. The van der Waals surface area contributed by atoms with Crippen LogP contribution in [0.4, 0.5) is 17.3 Å². The number of hydrogen-bond acceptors (Lipinski definition) is 8. The Morgan fingerprint density at radius 2 is 2.10 bits per heavy atom. The SMILES string of the molecule is COc1cc(N[C@H]2CCN(C(C)C)C2)ccc1-c1cc(Nc2cnc(C#N)cn2)n[nH]1. The molecule has 1 atom stereocenters. The number of anilines is 3. The fraction of sp³-hybridized carbons (Fsp3) is 0.364. The van der Waals surface area contributed by atoms with Crippen LogP contribution in [0.5, 0.6) is 5.75 Å². The molecule has 1 saturated heterocycles. The van der Waals surface area contributed by atoms with Crippen molar-refractivity contribution in [2.45, 2.75) is 32.4 Å². The van der Waals surface area contributed by atoms with Crippen molar-refractivity contribution in [3.05, 3.63) is 42.4 Å². The molecule has 1 aromatic carbocycles. The fourth-order valence-electron chi connectivity index (χ4n) is 3.72. The van der Waals surface area contributed by atoms with Crippen molar-refractivity contribution in [3.63, 3.8) is 0 Å². The van der Waals surface area contributed by atoms with Gasteiger partial charge in [-0.25, -0.2) is 9.97 Å². The second-order valence-corrected chi connectivity index (χ2v) is 7.82. The Labute approximate surface area is 181 Å². The molecule has 160 valence electrons. The van der Waals surface area contributed by atoms with Gasteiger partial charge in [0.15, 0.2) is 11.5 Å². The lowest BCUT2D eigenvalue weighted by molar-refractivity contribution is 0.274. The van der Waals surface area contributed by atoms with Gasteiger partial charge in [-0.2, -0.15) is 10.4 Å². The number of likely N-dealkylation sites (tertiary alicyclic amines) is 1. The van der Waals surface area contributed by atoms with Crippen LogP contribution in [-0.4, -0.2) is 57.3 Å². The predicted octanol–water partition coefficient (Wildman–Crippen LogP) is 3.39. The van der Waals surface area contributed by atoms with Gasteiger partial charge in [-0.05, 0) is 32.4 Å². The highest BCUT2D eigenvalue weighted by Crippen LogP contribution is 2.33. The molecule has 1 aliphatic rings. The van der Waals surface area contributed by atoms with Crippen LogP contribution in [0.15, 0.2) is 36.7 Å². The second kappa shape index (κ2) is 9.02. The monoisotopic (exact) mass is 418 g/mol. The van der Waals surface area contributed by atoms with Gasteiger partial charge >= 0.3 is 0 Å². The maximum atomic E-state index is 8.82. The summed E-state index contributed by atoms with van der Waals surface area (Å²) in [7, 11) is 1.67. The minimum atomic E-state index is 0.265. The molecule has 31 heavy (non-hydrogen) atoms. The van der Waals surface area contributed by atoms with Gasteiger partial charge in [-0.3, -0.25) is 10.00 Å². The molecule has 3 heterocycles. The number of methoxy groups -OCH3 is 1. The molecule has 3 N–H and O–H groups in total. The zero-order chi connectivity index (χ0) is 21.8. The normalized spacial score (nSPS) is 16.3. The minimum absolute atomic E-state index is 0.265. The molecule has 0 radical (unpaired) electrons. The smallest absolute Gasteiger partial charge is 0.158 e. The average molecular weight is 419 g/mol. The summed E-state index contributed by atoms with van der Waals surface area (Å²) < 4.78 is 5.65. The molecule has 0 amide bonds. The van der Waals surface area contributed by atoms with Crippen molar-refractivity contribution in [3.8, 4) is 23.1 Å². The van der Waals surface area contributed by atoms with Crippen LogP contribution < -0.4 is 15.4 Å². The van der Waals surface area contributed by atoms with E-state index in [4.69, 9.17) is 10.00 Å². The molecule has 0 unspecified atom stereocenters. The van der Waals surface area contributed by atoms with Gasteiger partial charge in [0.25, 0.3) is 0 Å². The molecule has 1 fully saturated rings. The number of nitriles is 1. The van der Waals surface area contributed by atoms with Crippen molar-refractivity contribution in [1.82, 2.24) is 25.1 Å². The van der Waals surface area contributed by atoms with E-state index in [2.05, 4.69) is 55.6 Å². The summed E-state index contributed by atoms with van der Waals surface area (Å²) in [5, 5.41) is 22.8. The van der Waals surface area contributed by atoms with Crippen LogP contribution in [0.1, 0.15) is 26.0 Å². The first-order valence-corrected chi connectivity index (χ1v) is 10.3. The van der Waals surface area contributed by atoms with Gasteiger partial charge in [0, 0.05) is 48.6 Å². The molecule has 0 spiro atoms. The lowest BCUT2D eigenvalue weighted by Gasteiger charge is -2.21. The predicted molar refractivity (Wildman–Crippen MR) is 119 cm³/mol. The van der Waals surface area contributed by atoms with E-state index >= 15 is 0 Å². The number of aromatic nitrogens is 4. The highest BCUT2D eigenvalue weighted by molar-refractivity contribution is 5.73. The zero-order valence-corrected chi connectivity index (χ0v) is 17.9. The van der Waals surface area contributed by atoms with Gasteiger partial charge < -0.3 is 15.4 Å². The minimum Gasteiger partial charge on any atom is -0.496 e. The zero-order valence-electron chi connectivity index (χ0n) is 17.9. The molecule has 0 saturated carbocycles. The van der Waals surface area contributed by atoms with Crippen molar-refractivity contribution in [2.75, 3.05) is 30.8 Å². The molecule has 0 bridgehead atoms. The summed E-state index contributed by atoms with van der Waals surface area (Å²) >= 11 is 0. The maximum Gasteiger partial charge on any atom is 0.158 e. The summed E-state index contributed by atoms with van der Waals surface area (Å²) in [6.45, 7) is 6.65. The molecule has 1 aliphatic heterocycles. The fourth-order valence-corrected chi connectivity index (χ4v) is 3.72. The Kier molecular flexibility index (Phi) is 6.00. The summed E-state index contributed by atoms with van der Waals surface area (Å²) in [6, 6.07) is 10.9. The summed E-state index contributed by atoms with van der Waals surface area (Å²) in [4.78, 5) is 10.6. The van der Waals surface area contributed by atoms with Crippen molar-refractivity contribution < 1.29 is 4.74 Å². The quantitative estimate of drug-likeness (QED) is 0.535. The second-order valence-electron chi connectivity index (χ2n) is 7.82. The van der Waals surface area contributed by atoms with Crippen LogP contribution >= 0.6 is 0 Å². The van der Waals surface area contributed by atoms with Crippen LogP contribution in [0.3, 0.4) is 0 Å². The highest BCUT2D eigenvalue weighted by Gasteiger charge is 2.24. The van der Waals surface area contributed by atoms with Gasteiger partial charge in [0.1, 0.15) is 17.6 Å². The van der Waals surface area contributed by atoms with E-state index in [0.717, 1.165) is 42.2 Å². The van der Waals surface area contributed by atoms with Gasteiger partial charge in [0.2, 0.25) is 0 Å². The molecule has 2 aromatic heterocycles. The summed E-state index contributed by atoms with van der Waals surface area (Å²) in [5.41, 5.74) is 3.04. The lowest BCUT2D eigenvalue weighted by Crippen LogP contribution is -2.31. The average Bonchev–Trinajstić information content (AvgIpc) is 3.44. The van der Waals surface area contributed by atoms with Crippen LogP contribution in [-0.2, 0) is 0 Å². The van der Waals surface area contributed by atoms with E-state index in [1.54, 1.807) is 7.11 Å². The molecular formula is C22H26N8O. The standard InChI is InChI=1S/C22H26N8O/c1-14(2)30-7-6-16(13-30)26-15-4-5-18(20(8-15)31-3)19-9-21(29-28-19)27-22-12-24-17(10-23)11-25-22/h4-5,8-9,11-12,14,16,26H,6-7,13H2,1-3H3,(H2,25,27,28,29)/t16-/m0/s1. The third kappa shape index (κ3) is 4.75. The maximum absolute atomic E-state index is 8.82.